The average Bonchev–Trinajstić information content (AvgIpc) is 3.09. The Morgan fingerprint density at radius 3 is 2.39 bits per heavy atom. The Hall–Kier alpha value is -3.43. The topological polar surface area (TPSA) is 90.8 Å². The molecule has 0 saturated carbocycles. The highest BCUT2D eigenvalue weighted by Crippen LogP contribution is 2.42. The Morgan fingerprint density at radius 1 is 1.09 bits per heavy atom. The van der Waals surface area contributed by atoms with E-state index in [1.54, 1.807) is 12.4 Å². The van der Waals surface area contributed by atoms with E-state index in [1.807, 2.05) is 53.1 Å². The number of carbonyl (C=O) groups excluding carboxylic acids is 2. The number of alkyl halides is 3. The molecule has 2 aliphatic heterocycles. The number of aliphatic carboxylic acids is 1. The number of pyridine rings is 1. The molecule has 7 nitrogen and oxygen atoms in total. The Bertz CT molecular complexity index is 1030. The molecule has 4 rings (SSSR count). The predicted molar refractivity (Wildman–Crippen MR) is 114 cm³/mol. The Morgan fingerprint density at radius 2 is 1.79 bits per heavy atom. The zero-order valence-corrected chi connectivity index (χ0v) is 18.0. The molecule has 1 aromatic heterocycles. The first-order chi connectivity index (χ1) is 15.5. The maximum Gasteiger partial charge on any atom is 0.490 e. The Labute approximate surface area is 188 Å². The van der Waals surface area contributed by atoms with Crippen LogP contribution in [0.15, 0.2) is 48.8 Å². The highest BCUT2D eigenvalue weighted by molar-refractivity contribution is 6.01. The van der Waals surface area contributed by atoms with Crippen LogP contribution in [0.3, 0.4) is 0 Å². The summed E-state index contributed by atoms with van der Waals surface area (Å²) in [5.41, 5.74) is 2.11. The third-order valence-corrected chi connectivity index (χ3v) is 5.95. The second kappa shape index (κ2) is 9.60. The first kappa shape index (κ1) is 24.2. The number of piperidine rings is 1. The molecule has 0 radical (unpaired) electrons. The van der Waals surface area contributed by atoms with Crippen LogP contribution in [0.1, 0.15) is 35.2 Å². The fraction of sp³-hybridized carbons (Fsp3) is 0.391. The molecule has 0 bridgehead atoms. The van der Waals surface area contributed by atoms with Crippen molar-refractivity contribution in [2.45, 2.75) is 32.4 Å². The number of amides is 2. The van der Waals surface area contributed by atoms with Crippen LogP contribution in [0.4, 0.5) is 18.9 Å². The van der Waals surface area contributed by atoms with Gasteiger partial charge in [0, 0.05) is 31.4 Å². The monoisotopic (exact) mass is 463 g/mol. The van der Waals surface area contributed by atoms with Gasteiger partial charge in [-0.2, -0.15) is 13.2 Å². The van der Waals surface area contributed by atoms with Gasteiger partial charge in [-0.1, -0.05) is 18.2 Å². The summed E-state index contributed by atoms with van der Waals surface area (Å²) in [6, 6.07) is 11.4. The lowest BCUT2D eigenvalue weighted by molar-refractivity contribution is -0.192. The minimum absolute atomic E-state index is 0.0369. The zero-order valence-electron chi connectivity index (χ0n) is 18.0. The minimum Gasteiger partial charge on any atom is -0.475 e. The maximum atomic E-state index is 13.2. The van der Waals surface area contributed by atoms with Crippen molar-refractivity contribution in [3.63, 3.8) is 0 Å². The number of benzene rings is 1. The summed E-state index contributed by atoms with van der Waals surface area (Å²) in [4.78, 5) is 43.0. The van der Waals surface area contributed by atoms with Crippen molar-refractivity contribution in [3.8, 4) is 0 Å². The molecule has 2 amide bonds. The van der Waals surface area contributed by atoms with Gasteiger partial charge < -0.3 is 14.9 Å². The highest BCUT2D eigenvalue weighted by Gasteiger charge is 2.50. The van der Waals surface area contributed by atoms with E-state index in [4.69, 9.17) is 9.90 Å². The van der Waals surface area contributed by atoms with Crippen molar-refractivity contribution >= 4 is 23.5 Å². The average molecular weight is 463 g/mol. The van der Waals surface area contributed by atoms with Crippen molar-refractivity contribution in [1.82, 2.24) is 9.88 Å². The van der Waals surface area contributed by atoms with E-state index in [-0.39, 0.29) is 11.8 Å². The number of carbonyl (C=O) groups is 3. The van der Waals surface area contributed by atoms with Crippen LogP contribution in [-0.4, -0.2) is 58.6 Å². The van der Waals surface area contributed by atoms with Gasteiger partial charge in [-0.15, -0.1) is 0 Å². The number of hydrogen-bond acceptors (Lipinski definition) is 4. The molecule has 1 N–H and O–H groups in total. The summed E-state index contributed by atoms with van der Waals surface area (Å²) in [5, 5.41) is 7.12. The third kappa shape index (κ3) is 5.32. The van der Waals surface area contributed by atoms with E-state index in [1.165, 1.54) is 0 Å². The van der Waals surface area contributed by atoms with Gasteiger partial charge in [-0.25, -0.2) is 4.79 Å². The molecule has 2 fully saturated rings. The molecule has 0 aliphatic carbocycles. The van der Waals surface area contributed by atoms with Gasteiger partial charge >= 0.3 is 12.1 Å². The summed E-state index contributed by atoms with van der Waals surface area (Å²) in [7, 11) is 0. The molecule has 1 spiro atoms. The number of hydrogen-bond donors (Lipinski definition) is 1. The van der Waals surface area contributed by atoms with Gasteiger partial charge in [-0.05, 0) is 49.9 Å². The fourth-order valence-electron chi connectivity index (χ4n) is 4.25. The van der Waals surface area contributed by atoms with Crippen LogP contribution in [-0.2, 0) is 9.59 Å². The second-order valence-electron chi connectivity index (χ2n) is 8.15. The standard InChI is InChI=1S/C21H23N3O2.C2HF3O2/c1-16-6-2-3-8-18(16)19(25)23-12-5-9-21(15-23)10-13-24(20(21)26)17-7-4-11-22-14-17;3-2(4,5)1(6)7/h2-4,6-8,11,14H,5,9-10,12-13,15H2,1H3;(H,6,7). The molecule has 3 heterocycles. The normalized spacial score (nSPS) is 20.4. The van der Waals surface area contributed by atoms with Crippen LogP contribution >= 0.6 is 0 Å². The van der Waals surface area contributed by atoms with Crippen molar-refractivity contribution in [1.29, 1.82) is 0 Å². The molecular weight excluding hydrogens is 439 g/mol. The van der Waals surface area contributed by atoms with Crippen LogP contribution < -0.4 is 4.90 Å². The molecule has 33 heavy (non-hydrogen) atoms. The molecule has 176 valence electrons. The molecule has 1 aromatic carbocycles. The highest BCUT2D eigenvalue weighted by atomic mass is 19.4. The lowest BCUT2D eigenvalue weighted by atomic mass is 9.78. The number of halogens is 3. The summed E-state index contributed by atoms with van der Waals surface area (Å²) in [6.07, 6.45) is 0.863. The Kier molecular flexibility index (Phi) is 7.04. The van der Waals surface area contributed by atoms with E-state index in [9.17, 15) is 22.8 Å². The third-order valence-electron chi connectivity index (χ3n) is 5.95. The number of carboxylic acid groups (broad SMARTS) is 1. The van der Waals surface area contributed by atoms with E-state index in [0.29, 0.717) is 13.1 Å². The van der Waals surface area contributed by atoms with Gasteiger partial charge in [0.2, 0.25) is 5.91 Å². The van der Waals surface area contributed by atoms with Crippen LogP contribution in [0.2, 0.25) is 0 Å². The molecule has 2 aromatic rings. The van der Waals surface area contributed by atoms with Crippen molar-refractivity contribution in [2.24, 2.45) is 5.41 Å². The number of anilines is 1. The number of aromatic nitrogens is 1. The molecule has 1 atom stereocenters. The molecule has 2 aliphatic rings. The van der Waals surface area contributed by atoms with Gasteiger partial charge in [0.15, 0.2) is 0 Å². The van der Waals surface area contributed by atoms with Gasteiger partial charge in [0.05, 0.1) is 17.3 Å². The molecule has 10 heteroatoms. The number of carboxylic acids is 1. The minimum atomic E-state index is -5.08. The zero-order chi connectivity index (χ0) is 24.2. The lowest BCUT2D eigenvalue weighted by Crippen LogP contribution is -2.50. The van der Waals surface area contributed by atoms with Gasteiger partial charge in [0.1, 0.15) is 0 Å². The maximum absolute atomic E-state index is 13.2. The summed E-state index contributed by atoms with van der Waals surface area (Å²) < 4.78 is 31.7. The number of rotatable bonds is 2. The van der Waals surface area contributed by atoms with E-state index >= 15 is 0 Å². The van der Waals surface area contributed by atoms with Gasteiger partial charge in [-0.3, -0.25) is 14.6 Å². The van der Waals surface area contributed by atoms with Crippen LogP contribution in [0.25, 0.3) is 0 Å². The summed E-state index contributed by atoms with van der Waals surface area (Å²) in [5.74, 6) is -2.59. The van der Waals surface area contributed by atoms with Crippen molar-refractivity contribution in [2.75, 3.05) is 24.5 Å². The van der Waals surface area contributed by atoms with Gasteiger partial charge in [0.25, 0.3) is 5.91 Å². The predicted octanol–water partition coefficient (Wildman–Crippen LogP) is 3.68. The summed E-state index contributed by atoms with van der Waals surface area (Å²) >= 11 is 0. The molecular formula is C23H24F3N3O4. The number of likely N-dealkylation sites (tertiary alicyclic amines) is 1. The van der Waals surface area contributed by atoms with Crippen molar-refractivity contribution < 1.29 is 32.7 Å². The SMILES string of the molecule is Cc1ccccc1C(=O)N1CCCC2(CCN(c3cccnc3)C2=O)C1.O=C(O)C(F)(F)F. The summed E-state index contributed by atoms with van der Waals surface area (Å²) in [6.45, 7) is 3.87. The number of aryl methyl sites for hydroxylation is 1. The fourth-order valence-corrected chi connectivity index (χ4v) is 4.25. The first-order valence-corrected chi connectivity index (χ1v) is 10.4. The molecule has 2 saturated heterocycles. The van der Waals surface area contributed by atoms with Crippen LogP contribution in [0, 0.1) is 12.3 Å². The lowest BCUT2D eigenvalue weighted by Gasteiger charge is -2.39. The van der Waals surface area contributed by atoms with E-state index < -0.39 is 17.6 Å². The quantitative estimate of drug-likeness (QED) is 0.734. The Balaban J connectivity index is 0.000000383. The number of nitrogens with zero attached hydrogens (tertiary/aromatic N) is 3. The van der Waals surface area contributed by atoms with E-state index in [2.05, 4.69) is 4.98 Å². The largest absolute Gasteiger partial charge is 0.490 e. The second-order valence-corrected chi connectivity index (χ2v) is 8.15. The van der Waals surface area contributed by atoms with Crippen LogP contribution in [0.5, 0.6) is 0 Å². The van der Waals surface area contributed by atoms with Crippen molar-refractivity contribution in [3.05, 3.63) is 59.9 Å². The smallest absolute Gasteiger partial charge is 0.475 e. The first-order valence-electron chi connectivity index (χ1n) is 10.4. The van der Waals surface area contributed by atoms with E-state index in [0.717, 1.165) is 42.6 Å². The molecule has 1 unspecified atom stereocenters.